The molecule has 2 N–H and O–H groups in total. The second kappa shape index (κ2) is 5.81. The molecule has 0 unspecified atom stereocenters. The van der Waals surface area contributed by atoms with Gasteiger partial charge in [0.05, 0.1) is 11.1 Å². The van der Waals surface area contributed by atoms with E-state index in [-0.39, 0.29) is 0 Å². The van der Waals surface area contributed by atoms with Gasteiger partial charge in [-0.2, -0.15) is 0 Å². The highest BCUT2D eigenvalue weighted by molar-refractivity contribution is 6.06. The Morgan fingerprint density at radius 1 is 1.09 bits per heavy atom. The van der Waals surface area contributed by atoms with Gasteiger partial charge in [-0.3, -0.25) is 4.79 Å². The molecule has 0 bridgehead atoms. The number of nitrogens with two attached hydrogens (primary N) is 1. The van der Waals surface area contributed by atoms with Crippen LogP contribution < -0.4 is 10.6 Å². The number of hydrogen-bond donors (Lipinski definition) is 1. The first-order chi connectivity index (χ1) is 10.7. The molecule has 0 aliphatic rings. The van der Waals surface area contributed by atoms with Gasteiger partial charge in [-0.05, 0) is 17.7 Å². The Bertz CT molecular complexity index is 817. The van der Waals surface area contributed by atoms with Gasteiger partial charge in [-0.15, -0.1) is 0 Å². The first-order valence-corrected chi connectivity index (χ1v) is 6.95. The zero-order chi connectivity index (χ0) is 15.5. The Morgan fingerprint density at radius 2 is 1.86 bits per heavy atom. The molecule has 0 fully saturated rings. The molecular weight excluding hydrogens is 276 g/mol. The van der Waals surface area contributed by atoms with E-state index in [1.165, 1.54) is 11.9 Å². The highest BCUT2D eigenvalue weighted by Crippen LogP contribution is 2.25. The molecular formula is C17H16N4O. The minimum atomic E-state index is -0.485. The number of primary amides is 1. The van der Waals surface area contributed by atoms with E-state index in [1.807, 2.05) is 36.2 Å². The summed E-state index contributed by atoms with van der Waals surface area (Å²) < 4.78 is 0. The molecule has 0 atom stereocenters. The summed E-state index contributed by atoms with van der Waals surface area (Å²) in [5, 5.41) is 0.817. The van der Waals surface area contributed by atoms with Crippen molar-refractivity contribution < 1.29 is 4.79 Å². The number of amides is 1. The summed E-state index contributed by atoms with van der Waals surface area (Å²) in [6.07, 6.45) is 1.46. The molecule has 3 aromatic rings. The van der Waals surface area contributed by atoms with Crippen molar-refractivity contribution >= 4 is 22.6 Å². The van der Waals surface area contributed by atoms with Gasteiger partial charge in [0.15, 0.2) is 0 Å². The zero-order valence-electron chi connectivity index (χ0n) is 12.2. The van der Waals surface area contributed by atoms with E-state index in [0.717, 1.165) is 11.2 Å². The fourth-order valence-corrected chi connectivity index (χ4v) is 2.51. The van der Waals surface area contributed by atoms with Gasteiger partial charge < -0.3 is 10.6 Å². The maximum absolute atomic E-state index is 11.5. The number of aromatic nitrogens is 2. The van der Waals surface area contributed by atoms with E-state index in [9.17, 15) is 4.79 Å². The van der Waals surface area contributed by atoms with Crippen LogP contribution in [0.15, 0.2) is 54.9 Å². The fourth-order valence-electron chi connectivity index (χ4n) is 2.51. The molecule has 1 amide bonds. The second-order valence-electron chi connectivity index (χ2n) is 5.10. The number of fused-ring (bicyclic) bond motifs is 1. The lowest BCUT2D eigenvalue weighted by atomic mass is 10.1. The van der Waals surface area contributed by atoms with Crippen LogP contribution in [0.25, 0.3) is 10.9 Å². The van der Waals surface area contributed by atoms with Crippen molar-refractivity contribution in [1.29, 1.82) is 0 Å². The number of nitrogens with zero attached hydrogens (tertiary/aromatic N) is 3. The van der Waals surface area contributed by atoms with Gasteiger partial charge in [0, 0.05) is 19.0 Å². The first kappa shape index (κ1) is 14.0. The third-order valence-electron chi connectivity index (χ3n) is 3.53. The minimum Gasteiger partial charge on any atom is -0.366 e. The van der Waals surface area contributed by atoms with Gasteiger partial charge in [0.25, 0.3) is 5.91 Å². The smallest absolute Gasteiger partial charge is 0.250 e. The van der Waals surface area contributed by atoms with Crippen molar-refractivity contribution in [1.82, 2.24) is 9.97 Å². The summed E-state index contributed by atoms with van der Waals surface area (Å²) in [6.45, 7) is 0.716. The Morgan fingerprint density at radius 3 is 2.59 bits per heavy atom. The summed E-state index contributed by atoms with van der Waals surface area (Å²) in [5.74, 6) is 0.290. The minimum absolute atomic E-state index is 0.411. The Balaban J connectivity index is 2.04. The molecule has 2 aromatic carbocycles. The van der Waals surface area contributed by atoms with Crippen molar-refractivity contribution in [3.63, 3.8) is 0 Å². The first-order valence-electron chi connectivity index (χ1n) is 6.95. The number of para-hydroxylation sites is 1. The van der Waals surface area contributed by atoms with E-state index < -0.39 is 5.91 Å². The van der Waals surface area contributed by atoms with E-state index in [2.05, 4.69) is 22.1 Å². The molecule has 5 nitrogen and oxygen atoms in total. The lowest BCUT2D eigenvalue weighted by Gasteiger charge is -2.20. The molecule has 0 radical (unpaired) electrons. The van der Waals surface area contributed by atoms with Crippen LogP contribution in [-0.4, -0.2) is 22.9 Å². The number of hydrogen-bond acceptors (Lipinski definition) is 4. The predicted molar refractivity (Wildman–Crippen MR) is 86.6 cm³/mol. The van der Waals surface area contributed by atoms with Crippen LogP contribution >= 0.6 is 0 Å². The SMILES string of the molecule is CN(Cc1ccccc1)c1ncnc2c(C(N)=O)cccc12. The van der Waals surface area contributed by atoms with Crippen molar-refractivity contribution in [2.24, 2.45) is 5.73 Å². The van der Waals surface area contributed by atoms with E-state index in [4.69, 9.17) is 5.73 Å². The normalized spacial score (nSPS) is 10.6. The quantitative estimate of drug-likeness (QED) is 0.801. The molecule has 0 aliphatic carbocycles. The van der Waals surface area contributed by atoms with Gasteiger partial charge in [-0.1, -0.05) is 36.4 Å². The van der Waals surface area contributed by atoms with Crippen molar-refractivity contribution in [2.45, 2.75) is 6.54 Å². The van der Waals surface area contributed by atoms with Crippen LogP contribution in [0, 0.1) is 0 Å². The summed E-state index contributed by atoms with van der Waals surface area (Å²) >= 11 is 0. The van der Waals surface area contributed by atoms with E-state index in [0.29, 0.717) is 17.6 Å². The molecule has 1 heterocycles. The summed E-state index contributed by atoms with van der Waals surface area (Å²) in [4.78, 5) is 22.1. The zero-order valence-corrected chi connectivity index (χ0v) is 12.2. The van der Waals surface area contributed by atoms with Crippen LogP contribution in [0.3, 0.4) is 0 Å². The highest BCUT2D eigenvalue weighted by atomic mass is 16.1. The average Bonchev–Trinajstić information content (AvgIpc) is 2.54. The van der Waals surface area contributed by atoms with Crippen molar-refractivity contribution in [2.75, 3.05) is 11.9 Å². The molecule has 0 saturated heterocycles. The van der Waals surface area contributed by atoms with Crippen molar-refractivity contribution in [3.8, 4) is 0 Å². The number of benzene rings is 2. The standard InChI is InChI=1S/C17H16N4O/c1-21(10-12-6-3-2-4-7-12)17-14-9-5-8-13(16(18)22)15(14)19-11-20-17/h2-9,11H,10H2,1H3,(H2,18,22). The lowest BCUT2D eigenvalue weighted by molar-refractivity contribution is 0.100. The molecule has 1 aromatic heterocycles. The number of carbonyl (C=O) groups is 1. The van der Waals surface area contributed by atoms with Crippen LogP contribution in [0.2, 0.25) is 0 Å². The molecule has 0 aliphatic heterocycles. The summed E-state index contributed by atoms with van der Waals surface area (Å²) in [6, 6.07) is 15.5. The van der Waals surface area contributed by atoms with E-state index >= 15 is 0 Å². The molecule has 0 saturated carbocycles. The molecule has 22 heavy (non-hydrogen) atoms. The molecule has 5 heteroatoms. The number of rotatable bonds is 4. The maximum Gasteiger partial charge on any atom is 0.250 e. The van der Waals surface area contributed by atoms with E-state index in [1.54, 1.807) is 12.1 Å². The monoisotopic (exact) mass is 292 g/mol. The Labute approximate surface area is 128 Å². The van der Waals surface area contributed by atoms with Crippen LogP contribution in [0.4, 0.5) is 5.82 Å². The lowest BCUT2D eigenvalue weighted by Crippen LogP contribution is -2.19. The third-order valence-corrected chi connectivity index (χ3v) is 3.53. The predicted octanol–water partition coefficient (Wildman–Crippen LogP) is 2.37. The van der Waals surface area contributed by atoms with Gasteiger partial charge in [0.2, 0.25) is 0 Å². The van der Waals surface area contributed by atoms with Crippen LogP contribution in [-0.2, 0) is 6.54 Å². The van der Waals surface area contributed by atoms with Crippen LogP contribution in [0.5, 0.6) is 0 Å². The number of anilines is 1. The maximum atomic E-state index is 11.5. The van der Waals surface area contributed by atoms with Crippen LogP contribution in [0.1, 0.15) is 15.9 Å². The second-order valence-corrected chi connectivity index (χ2v) is 5.10. The molecule has 0 spiro atoms. The topological polar surface area (TPSA) is 72.1 Å². The van der Waals surface area contributed by atoms with Gasteiger partial charge >= 0.3 is 0 Å². The Kier molecular flexibility index (Phi) is 3.70. The molecule has 3 rings (SSSR count). The number of carbonyl (C=O) groups excluding carboxylic acids is 1. The fraction of sp³-hybridized carbons (Fsp3) is 0.118. The summed E-state index contributed by atoms with van der Waals surface area (Å²) in [7, 11) is 1.96. The van der Waals surface area contributed by atoms with Gasteiger partial charge in [-0.25, -0.2) is 9.97 Å². The molecule has 110 valence electrons. The summed E-state index contributed by atoms with van der Waals surface area (Å²) in [5.41, 5.74) is 7.59. The Hall–Kier alpha value is -2.95. The highest BCUT2D eigenvalue weighted by Gasteiger charge is 2.13. The van der Waals surface area contributed by atoms with Crippen molar-refractivity contribution in [3.05, 3.63) is 66.0 Å². The average molecular weight is 292 g/mol. The third kappa shape index (κ3) is 2.61. The largest absolute Gasteiger partial charge is 0.366 e. The van der Waals surface area contributed by atoms with Gasteiger partial charge in [0.1, 0.15) is 12.1 Å².